The van der Waals surface area contributed by atoms with E-state index in [0.29, 0.717) is 23.5 Å². The fourth-order valence-electron chi connectivity index (χ4n) is 1.75. The Bertz CT molecular complexity index is 646. The molecule has 2 rings (SSSR count). The average molecular weight is 304 g/mol. The molecule has 0 bridgehead atoms. The number of amides is 1. The molecule has 0 atom stereocenters. The van der Waals surface area contributed by atoms with Crippen molar-refractivity contribution in [2.24, 2.45) is 0 Å². The minimum atomic E-state index is -0.254. The van der Waals surface area contributed by atoms with E-state index in [1.54, 1.807) is 19.1 Å². The van der Waals surface area contributed by atoms with Crippen molar-refractivity contribution in [3.05, 3.63) is 59.4 Å². The third-order valence-electron chi connectivity index (χ3n) is 2.95. The second-order valence-electron chi connectivity index (χ2n) is 4.72. The predicted molar refractivity (Wildman–Crippen MR) is 84.6 cm³/mol. The summed E-state index contributed by atoms with van der Waals surface area (Å²) >= 11 is 1.42. The number of benzene rings is 2. The lowest BCUT2D eigenvalue weighted by Crippen LogP contribution is -2.24. The van der Waals surface area contributed by atoms with Crippen molar-refractivity contribution in [1.82, 2.24) is 5.32 Å². The maximum absolute atomic E-state index is 13.4. The van der Waals surface area contributed by atoms with Crippen LogP contribution in [0.4, 0.5) is 10.1 Å². The number of aryl methyl sites for hydroxylation is 1. The van der Waals surface area contributed by atoms with Gasteiger partial charge in [0.15, 0.2) is 0 Å². The molecular formula is C16H17FN2OS. The molecule has 21 heavy (non-hydrogen) atoms. The Labute approximate surface area is 127 Å². The molecule has 110 valence electrons. The van der Waals surface area contributed by atoms with E-state index >= 15 is 0 Å². The van der Waals surface area contributed by atoms with Gasteiger partial charge < -0.3 is 11.1 Å². The van der Waals surface area contributed by atoms with Crippen LogP contribution in [0, 0.1) is 12.7 Å². The highest BCUT2D eigenvalue weighted by Gasteiger charge is 2.04. The summed E-state index contributed by atoms with van der Waals surface area (Å²) in [7, 11) is 0. The molecule has 0 saturated carbocycles. The topological polar surface area (TPSA) is 55.1 Å². The lowest BCUT2D eigenvalue weighted by Gasteiger charge is -2.07. The zero-order valence-electron chi connectivity index (χ0n) is 11.7. The number of anilines is 1. The van der Waals surface area contributed by atoms with E-state index in [4.69, 9.17) is 5.73 Å². The molecular weight excluding hydrogens is 287 g/mol. The van der Waals surface area contributed by atoms with E-state index < -0.39 is 0 Å². The molecule has 3 nitrogen and oxygen atoms in total. The van der Waals surface area contributed by atoms with Crippen LogP contribution >= 0.6 is 11.8 Å². The third kappa shape index (κ3) is 4.79. The summed E-state index contributed by atoms with van der Waals surface area (Å²) in [6, 6.07) is 12.3. The molecule has 0 radical (unpaired) electrons. The van der Waals surface area contributed by atoms with Gasteiger partial charge in [-0.25, -0.2) is 4.39 Å². The van der Waals surface area contributed by atoms with E-state index in [1.165, 1.54) is 17.8 Å². The van der Waals surface area contributed by atoms with E-state index in [2.05, 4.69) is 5.32 Å². The highest BCUT2D eigenvalue weighted by molar-refractivity contribution is 8.00. The molecule has 2 aromatic carbocycles. The minimum Gasteiger partial charge on any atom is -0.399 e. The Morgan fingerprint density at radius 2 is 2.10 bits per heavy atom. The van der Waals surface area contributed by atoms with Gasteiger partial charge in [-0.2, -0.15) is 0 Å². The van der Waals surface area contributed by atoms with Crippen molar-refractivity contribution in [2.45, 2.75) is 18.4 Å². The smallest absolute Gasteiger partial charge is 0.230 e. The van der Waals surface area contributed by atoms with Crippen molar-refractivity contribution in [3.8, 4) is 0 Å². The van der Waals surface area contributed by atoms with E-state index in [0.717, 1.165) is 10.5 Å². The summed E-state index contributed by atoms with van der Waals surface area (Å²) in [5.74, 6) is -0.0445. The Morgan fingerprint density at radius 1 is 1.29 bits per heavy atom. The molecule has 5 heteroatoms. The van der Waals surface area contributed by atoms with Crippen molar-refractivity contribution in [1.29, 1.82) is 0 Å². The first-order valence-corrected chi connectivity index (χ1v) is 7.53. The number of thioether (sulfide) groups is 1. The van der Waals surface area contributed by atoms with Gasteiger partial charge in [0.05, 0.1) is 5.75 Å². The summed E-state index contributed by atoms with van der Waals surface area (Å²) in [6.07, 6.45) is 0. The summed E-state index contributed by atoms with van der Waals surface area (Å²) in [5.41, 5.74) is 7.70. The number of halogens is 1. The number of rotatable bonds is 5. The third-order valence-corrected chi connectivity index (χ3v) is 3.95. The van der Waals surface area contributed by atoms with Crippen LogP contribution in [0.2, 0.25) is 0 Å². The number of carbonyl (C=O) groups is 1. The molecule has 1 amide bonds. The standard InChI is InChI=1S/C16H17FN2OS/c1-11-5-6-12(7-15(11)17)9-19-16(20)10-21-14-4-2-3-13(18)8-14/h2-8H,9-10,18H2,1H3,(H,19,20). The van der Waals surface area contributed by atoms with Gasteiger partial charge in [-0.15, -0.1) is 11.8 Å². The molecule has 3 N–H and O–H groups in total. The van der Waals surface area contributed by atoms with Gasteiger partial charge in [0, 0.05) is 17.1 Å². The summed E-state index contributed by atoms with van der Waals surface area (Å²) in [6.45, 7) is 2.04. The van der Waals surface area contributed by atoms with E-state index in [-0.39, 0.29) is 11.7 Å². The van der Waals surface area contributed by atoms with Crippen LogP contribution in [0.25, 0.3) is 0 Å². The second kappa shape index (κ2) is 7.13. The maximum Gasteiger partial charge on any atom is 0.230 e. The summed E-state index contributed by atoms with van der Waals surface area (Å²) < 4.78 is 13.4. The van der Waals surface area contributed by atoms with Crippen molar-refractivity contribution in [2.75, 3.05) is 11.5 Å². The predicted octanol–water partition coefficient (Wildman–Crippen LogP) is 3.12. The molecule has 0 heterocycles. The Hall–Kier alpha value is -2.01. The van der Waals surface area contributed by atoms with Crippen LogP contribution in [0.5, 0.6) is 0 Å². The van der Waals surface area contributed by atoms with Crippen LogP contribution in [0.15, 0.2) is 47.4 Å². The maximum atomic E-state index is 13.4. The van der Waals surface area contributed by atoms with Gasteiger partial charge in [0.25, 0.3) is 0 Å². The van der Waals surface area contributed by atoms with Crippen molar-refractivity contribution < 1.29 is 9.18 Å². The number of nitrogens with two attached hydrogens (primary N) is 1. The number of nitrogens with one attached hydrogen (secondary N) is 1. The highest BCUT2D eigenvalue weighted by atomic mass is 32.2. The Balaban J connectivity index is 1.80. The van der Waals surface area contributed by atoms with Crippen LogP contribution in [0.3, 0.4) is 0 Å². The van der Waals surface area contributed by atoms with Gasteiger partial charge in [0.1, 0.15) is 5.82 Å². The molecule has 0 aliphatic rings. The van der Waals surface area contributed by atoms with Crippen molar-refractivity contribution >= 4 is 23.4 Å². The van der Waals surface area contributed by atoms with Gasteiger partial charge in [-0.1, -0.05) is 18.2 Å². The zero-order valence-corrected chi connectivity index (χ0v) is 12.5. The first-order valence-electron chi connectivity index (χ1n) is 6.54. The van der Waals surface area contributed by atoms with Crippen molar-refractivity contribution in [3.63, 3.8) is 0 Å². The van der Waals surface area contributed by atoms with Crippen LogP contribution in [0.1, 0.15) is 11.1 Å². The number of hydrogen-bond donors (Lipinski definition) is 2. The molecule has 0 fully saturated rings. The summed E-state index contributed by atoms with van der Waals surface area (Å²) in [5, 5.41) is 2.77. The first kappa shape index (κ1) is 15.4. The average Bonchev–Trinajstić information content (AvgIpc) is 2.46. The van der Waals surface area contributed by atoms with Crippen LogP contribution in [-0.2, 0) is 11.3 Å². The van der Waals surface area contributed by atoms with Gasteiger partial charge in [-0.05, 0) is 42.3 Å². The van der Waals surface area contributed by atoms with E-state index in [1.807, 2.05) is 24.3 Å². The lowest BCUT2D eigenvalue weighted by molar-refractivity contribution is -0.118. The number of nitrogen functional groups attached to an aromatic ring is 1. The van der Waals surface area contributed by atoms with Gasteiger partial charge in [-0.3, -0.25) is 4.79 Å². The zero-order chi connectivity index (χ0) is 15.2. The van der Waals surface area contributed by atoms with Gasteiger partial charge >= 0.3 is 0 Å². The molecule has 0 saturated heterocycles. The minimum absolute atomic E-state index is 0.0941. The molecule has 0 aliphatic heterocycles. The fraction of sp³-hybridized carbons (Fsp3) is 0.188. The SMILES string of the molecule is Cc1ccc(CNC(=O)CSc2cccc(N)c2)cc1F. The Kier molecular flexibility index (Phi) is 5.22. The first-order chi connectivity index (χ1) is 10.0. The molecule has 0 aliphatic carbocycles. The summed E-state index contributed by atoms with van der Waals surface area (Å²) in [4.78, 5) is 12.7. The molecule has 2 aromatic rings. The van der Waals surface area contributed by atoms with Crippen LogP contribution < -0.4 is 11.1 Å². The fourth-order valence-corrected chi connectivity index (χ4v) is 2.55. The largest absolute Gasteiger partial charge is 0.399 e. The highest BCUT2D eigenvalue weighted by Crippen LogP contribution is 2.19. The van der Waals surface area contributed by atoms with E-state index in [9.17, 15) is 9.18 Å². The Morgan fingerprint density at radius 3 is 2.81 bits per heavy atom. The van der Waals surface area contributed by atoms with Gasteiger partial charge in [0.2, 0.25) is 5.91 Å². The van der Waals surface area contributed by atoms with Crippen LogP contribution in [-0.4, -0.2) is 11.7 Å². The quantitative estimate of drug-likeness (QED) is 0.659. The molecule has 0 aromatic heterocycles. The monoisotopic (exact) mass is 304 g/mol. The second-order valence-corrected chi connectivity index (χ2v) is 5.77. The lowest BCUT2D eigenvalue weighted by atomic mass is 10.1. The number of hydrogen-bond acceptors (Lipinski definition) is 3. The normalized spacial score (nSPS) is 10.4. The molecule has 0 unspecified atom stereocenters. The molecule has 0 spiro atoms. The number of carbonyl (C=O) groups excluding carboxylic acids is 1.